The van der Waals surface area contributed by atoms with Gasteiger partial charge >= 0.3 is 0 Å². The van der Waals surface area contributed by atoms with Crippen molar-refractivity contribution in [1.29, 1.82) is 0 Å². The third-order valence-corrected chi connectivity index (χ3v) is 2.76. The van der Waals surface area contributed by atoms with Crippen LogP contribution in [0.2, 0.25) is 0 Å². The van der Waals surface area contributed by atoms with Crippen LogP contribution in [0.5, 0.6) is 5.06 Å². The van der Waals surface area contributed by atoms with Crippen molar-refractivity contribution in [3.05, 3.63) is 24.0 Å². The van der Waals surface area contributed by atoms with Crippen molar-refractivity contribution >= 4 is 34.1 Å². The van der Waals surface area contributed by atoms with Gasteiger partial charge in [-0.15, -0.1) is 12.6 Å². The standard InChI is InChI=1S/C8H5FOS2/c9-6-3-5(11)1-4-2-7(10)12-8(4)6/h1-3,10-11H. The zero-order valence-electron chi connectivity index (χ0n) is 5.91. The predicted molar refractivity (Wildman–Crippen MR) is 50.7 cm³/mol. The van der Waals surface area contributed by atoms with E-state index in [1.807, 2.05) is 0 Å². The highest BCUT2D eigenvalue weighted by Crippen LogP contribution is 2.33. The van der Waals surface area contributed by atoms with Crippen LogP contribution < -0.4 is 0 Å². The Morgan fingerprint density at radius 1 is 1.33 bits per heavy atom. The predicted octanol–water partition coefficient (Wildman–Crippen LogP) is 3.03. The molecule has 0 saturated carbocycles. The first-order valence-corrected chi connectivity index (χ1v) is 4.54. The summed E-state index contributed by atoms with van der Waals surface area (Å²) in [6.45, 7) is 0. The first-order valence-electron chi connectivity index (χ1n) is 3.28. The Morgan fingerprint density at radius 2 is 2.08 bits per heavy atom. The summed E-state index contributed by atoms with van der Waals surface area (Å²) in [6, 6.07) is 4.59. The Balaban J connectivity index is 2.88. The molecule has 0 aliphatic heterocycles. The summed E-state index contributed by atoms with van der Waals surface area (Å²) >= 11 is 5.06. The van der Waals surface area contributed by atoms with Gasteiger partial charge in [-0.1, -0.05) is 11.3 Å². The molecule has 4 heteroatoms. The van der Waals surface area contributed by atoms with Crippen molar-refractivity contribution in [2.75, 3.05) is 0 Å². The number of benzene rings is 1. The van der Waals surface area contributed by atoms with Crippen molar-refractivity contribution in [3.8, 4) is 5.06 Å². The quantitative estimate of drug-likeness (QED) is 0.626. The maximum atomic E-state index is 13.1. The lowest BCUT2D eigenvalue weighted by molar-refractivity contribution is 0.491. The Kier molecular flexibility index (Phi) is 1.73. The molecule has 0 saturated heterocycles. The number of thiol groups is 1. The molecule has 1 N–H and O–H groups in total. The number of hydrogen-bond donors (Lipinski definition) is 2. The van der Waals surface area contributed by atoms with Crippen LogP contribution in [0.4, 0.5) is 4.39 Å². The summed E-state index contributed by atoms with van der Waals surface area (Å²) in [7, 11) is 0. The van der Waals surface area contributed by atoms with E-state index in [1.165, 1.54) is 12.1 Å². The molecule has 2 aromatic rings. The van der Waals surface area contributed by atoms with Crippen LogP contribution in [0, 0.1) is 5.82 Å². The van der Waals surface area contributed by atoms with Crippen molar-refractivity contribution in [2.24, 2.45) is 0 Å². The van der Waals surface area contributed by atoms with Gasteiger partial charge in [-0.05, 0) is 18.2 Å². The molecule has 2 rings (SSSR count). The minimum Gasteiger partial charge on any atom is -0.499 e. The van der Waals surface area contributed by atoms with E-state index in [1.54, 1.807) is 6.07 Å². The third-order valence-electron chi connectivity index (χ3n) is 1.54. The van der Waals surface area contributed by atoms with Crippen LogP contribution in [-0.4, -0.2) is 5.11 Å². The molecule has 1 aromatic carbocycles. The highest BCUT2D eigenvalue weighted by atomic mass is 32.1. The Bertz CT molecular complexity index is 436. The zero-order chi connectivity index (χ0) is 8.72. The minimum absolute atomic E-state index is 0.128. The lowest BCUT2D eigenvalue weighted by Gasteiger charge is -1.93. The number of fused-ring (bicyclic) bond motifs is 1. The highest BCUT2D eigenvalue weighted by Gasteiger charge is 2.06. The van der Waals surface area contributed by atoms with E-state index in [4.69, 9.17) is 5.11 Å². The van der Waals surface area contributed by atoms with E-state index in [2.05, 4.69) is 12.6 Å². The van der Waals surface area contributed by atoms with Crippen molar-refractivity contribution in [3.63, 3.8) is 0 Å². The smallest absolute Gasteiger partial charge is 0.172 e. The third kappa shape index (κ3) is 1.17. The van der Waals surface area contributed by atoms with Gasteiger partial charge in [-0.25, -0.2) is 4.39 Å². The number of thiophene rings is 1. The van der Waals surface area contributed by atoms with Crippen molar-refractivity contribution < 1.29 is 9.50 Å². The Morgan fingerprint density at radius 3 is 2.83 bits per heavy atom. The molecule has 0 unspecified atom stereocenters. The van der Waals surface area contributed by atoms with E-state index < -0.39 is 0 Å². The number of aromatic hydroxyl groups is 1. The first-order chi connectivity index (χ1) is 5.66. The molecule has 1 nitrogen and oxygen atoms in total. The second-order valence-electron chi connectivity index (χ2n) is 2.43. The molecular formula is C8H5FOS2. The molecule has 0 radical (unpaired) electrons. The lowest BCUT2D eigenvalue weighted by Crippen LogP contribution is -1.73. The van der Waals surface area contributed by atoms with Crippen molar-refractivity contribution in [2.45, 2.75) is 4.90 Å². The molecule has 62 valence electrons. The summed E-state index contributed by atoms with van der Waals surface area (Å²) in [5.41, 5.74) is 0. The average molecular weight is 200 g/mol. The van der Waals surface area contributed by atoms with Crippen LogP contribution in [0.25, 0.3) is 10.1 Å². The van der Waals surface area contributed by atoms with Crippen LogP contribution in [-0.2, 0) is 0 Å². The summed E-state index contributed by atoms with van der Waals surface area (Å²) in [5, 5.41) is 9.92. The summed E-state index contributed by atoms with van der Waals surface area (Å²) in [5.74, 6) is -0.331. The number of hydrogen-bond acceptors (Lipinski definition) is 3. The summed E-state index contributed by atoms with van der Waals surface area (Å²) < 4.78 is 13.6. The van der Waals surface area contributed by atoms with Crippen LogP contribution in [0.3, 0.4) is 0 Å². The normalized spacial score (nSPS) is 10.8. The van der Waals surface area contributed by atoms with E-state index >= 15 is 0 Å². The van der Waals surface area contributed by atoms with Gasteiger partial charge < -0.3 is 5.11 Å². The fourth-order valence-electron chi connectivity index (χ4n) is 1.08. The number of halogens is 1. The molecule has 12 heavy (non-hydrogen) atoms. The van der Waals surface area contributed by atoms with Crippen LogP contribution in [0.1, 0.15) is 0 Å². The molecule has 1 heterocycles. The van der Waals surface area contributed by atoms with Gasteiger partial charge in [-0.3, -0.25) is 0 Å². The Hall–Kier alpha value is -0.740. The molecule has 0 spiro atoms. The Labute approximate surface area is 77.9 Å². The highest BCUT2D eigenvalue weighted by molar-refractivity contribution is 7.80. The van der Waals surface area contributed by atoms with E-state index in [0.717, 1.165) is 11.3 Å². The second-order valence-corrected chi connectivity index (χ2v) is 3.98. The molecule has 0 fully saturated rings. The topological polar surface area (TPSA) is 20.2 Å². The van der Waals surface area contributed by atoms with Crippen molar-refractivity contribution in [1.82, 2.24) is 0 Å². The largest absolute Gasteiger partial charge is 0.499 e. The fourth-order valence-corrected chi connectivity index (χ4v) is 2.12. The van der Waals surface area contributed by atoms with Gasteiger partial charge in [0.25, 0.3) is 0 Å². The first kappa shape index (κ1) is 7.89. The number of rotatable bonds is 0. The van der Waals surface area contributed by atoms with Gasteiger partial charge in [0.15, 0.2) is 5.06 Å². The zero-order valence-corrected chi connectivity index (χ0v) is 7.62. The monoisotopic (exact) mass is 200 g/mol. The molecule has 0 bridgehead atoms. The molecule has 0 aliphatic carbocycles. The van der Waals surface area contributed by atoms with Gasteiger partial charge in [-0.2, -0.15) is 0 Å². The molecule has 0 atom stereocenters. The van der Waals surface area contributed by atoms with Gasteiger partial charge in [0.2, 0.25) is 0 Å². The molecule has 0 aliphatic rings. The SMILES string of the molecule is Oc1cc2cc(S)cc(F)c2s1. The minimum atomic E-state index is -0.331. The summed E-state index contributed by atoms with van der Waals surface area (Å²) in [6.07, 6.45) is 0. The lowest BCUT2D eigenvalue weighted by atomic mass is 10.2. The van der Waals surface area contributed by atoms with E-state index in [0.29, 0.717) is 15.0 Å². The molecule has 1 aromatic heterocycles. The van der Waals surface area contributed by atoms with Crippen LogP contribution in [0.15, 0.2) is 23.1 Å². The molecular weight excluding hydrogens is 195 g/mol. The maximum Gasteiger partial charge on any atom is 0.172 e. The second kappa shape index (κ2) is 2.64. The summed E-state index contributed by atoms with van der Waals surface area (Å²) in [4.78, 5) is 0.567. The maximum absolute atomic E-state index is 13.1. The molecule has 0 amide bonds. The fraction of sp³-hybridized carbons (Fsp3) is 0. The van der Waals surface area contributed by atoms with Crippen LogP contribution >= 0.6 is 24.0 Å². The van der Waals surface area contributed by atoms with Gasteiger partial charge in [0.1, 0.15) is 5.82 Å². The average Bonchev–Trinajstić information content (AvgIpc) is 2.29. The van der Waals surface area contributed by atoms with E-state index in [9.17, 15) is 4.39 Å². The van der Waals surface area contributed by atoms with Gasteiger partial charge in [0, 0.05) is 10.3 Å². The van der Waals surface area contributed by atoms with Gasteiger partial charge in [0.05, 0.1) is 4.70 Å². The van der Waals surface area contributed by atoms with E-state index in [-0.39, 0.29) is 10.9 Å².